The van der Waals surface area contributed by atoms with E-state index in [-0.39, 0.29) is 18.4 Å². The molecule has 6 nitrogen and oxygen atoms in total. The van der Waals surface area contributed by atoms with Crippen LogP contribution in [0.3, 0.4) is 0 Å². The first-order chi connectivity index (χ1) is 11.5. The number of hydrogen-bond donors (Lipinski definition) is 1. The lowest BCUT2D eigenvalue weighted by Crippen LogP contribution is -2.44. The molecule has 1 aromatic heterocycles. The van der Waals surface area contributed by atoms with Crippen molar-refractivity contribution in [1.82, 2.24) is 25.3 Å². The molecule has 0 aliphatic carbocycles. The Kier molecular flexibility index (Phi) is 6.76. The third kappa shape index (κ3) is 4.12. The zero-order valence-corrected chi connectivity index (χ0v) is 15.9. The van der Waals surface area contributed by atoms with Crippen molar-refractivity contribution in [2.24, 2.45) is 0 Å². The SMILES string of the molecule is CN(C)C(c1nc(C2CNCCN2C)no1)c1c(F)cccc1Cl.Cl. The van der Waals surface area contributed by atoms with Crippen LogP contribution in [0.1, 0.15) is 29.4 Å². The Morgan fingerprint density at radius 2 is 2.20 bits per heavy atom. The molecule has 1 aromatic carbocycles. The quantitative estimate of drug-likeness (QED) is 0.866. The fourth-order valence-corrected chi connectivity index (χ4v) is 3.23. The van der Waals surface area contributed by atoms with Crippen LogP contribution in [0.25, 0.3) is 0 Å². The van der Waals surface area contributed by atoms with Gasteiger partial charge in [-0.05, 0) is 33.3 Å². The summed E-state index contributed by atoms with van der Waals surface area (Å²) in [6.45, 7) is 2.59. The van der Waals surface area contributed by atoms with Gasteiger partial charge in [-0.2, -0.15) is 4.98 Å². The van der Waals surface area contributed by atoms with Crippen molar-refractivity contribution in [2.75, 3.05) is 40.8 Å². The molecule has 3 rings (SSSR count). The Morgan fingerprint density at radius 1 is 1.44 bits per heavy atom. The number of aromatic nitrogens is 2. The minimum Gasteiger partial charge on any atom is -0.337 e. The minimum absolute atomic E-state index is 0. The monoisotopic (exact) mass is 389 g/mol. The summed E-state index contributed by atoms with van der Waals surface area (Å²) in [6, 6.07) is 4.12. The maximum atomic E-state index is 14.4. The molecule has 2 heterocycles. The summed E-state index contributed by atoms with van der Waals surface area (Å²) in [7, 11) is 5.68. The van der Waals surface area contributed by atoms with Crippen molar-refractivity contribution in [3.05, 3.63) is 46.3 Å². The van der Waals surface area contributed by atoms with E-state index < -0.39 is 11.9 Å². The number of nitrogens with zero attached hydrogens (tertiary/aromatic N) is 4. The molecule has 1 aliphatic heterocycles. The summed E-state index contributed by atoms with van der Waals surface area (Å²) in [6.07, 6.45) is 0. The van der Waals surface area contributed by atoms with Crippen LogP contribution < -0.4 is 5.32 Å². The Balaban J connectivity index is 0.00000225. The number of nitrogens with one attached hydrogen (secondary N) is 1. The summed E-state index contributed by atoms with van der Waals surface area (Å²) >= 11 is 6.22. The van der Waals surface area contributed by atoms with E-state index in [1.807, 2.05) is 26.0 Å². The van der Waals surface area contributed by atoms with Crippen molar-refractivity contribution in [3.63, 3.8) is 0 Å². The Morgan fingerprint density at radius 3 is 2.84 bits per heavy atom. The molecule has 0 amide bonds. The van der Waals surface area contributed by atoms with Crippen LogP contribution in [0.2, 0.25) is 5.02 Å². The van der Waals surface area contributed by atoms with Gasteiger partial charge in [-0.3, -0.25) is 9.80 Å². The smallest absolute Gasteiger partial charge is 0.248 e. The van der Waals surface area contributed by atoms with E-state index in [2.05, 4.69) is 20.4 Å². The van der Waals surface area contributed by atoms with Gasteiger partial charge >= 0.3 is 0 Å². The fourth-order valence-electron chi connectivity index (χ4n) is 2.96. The van der Waals surface area contributed by atoms with E-state index in [1.54, 1.807) is 12.1 Å². The van der Waals surface area contributed by atoms with Gasteiger partial charge in [0.1, 0.15) is 11.9 Å². The molecule has 0 spiro atoms. The molecule has 0 saturated carbocycles. The third-order valence-electron chi connectivity index (χ3n) is 4.29. The molecule has 0 radical (unpaired) electrons. The van der Waals surface area contributed by atoms with E-state index >= 15 is 0 Å². The summed E-state index contributed by atoms with van der Waals surface area (Å²) in [5, 5.41) is 7.78. The fraction of sp³-hybridized carbons (Fsp3) is 0.500. The topological polar surface area (TPSA) is 57.4 Å². The predicted octanol–water partition coefficient (Wildman–Crippen LogP) is 2.51. The normalized spacial score (nSPS) is 19.7. The van der Waals surface area contributed by atoms with Crippen LogP contribution in [0.15, 0.2) is 22.7 Å². The van der Waals surface area contributed by atoms with Gasteiger partial charge in [0.2, 0.25) is 5.89 Å². The van der Waals surface area contributed by atoms with Crippen molar-refractivity contribution >= 4 is 24.0 Å². The van der Waals surface area contributed by atoms with Gasteiger partial charge in [-0.25, -0.2) is 4.39 Å². The van der Waals surface area contributed by atoms with Gasteiger partial charge in [-0.1, -0.05) is 22.8 Å². The molecule has 25 heavy (non-hydrogen) atoms. The molecular formula is C16H22Cl2FN5O. The molecular weight excluding hydrogens is 368 g/mol. The highest BCUT2D eigenvalue weighted by Gasteiger charge is 2.31. The number of halogens is 3. The van der Waals surface area contributed by atoms with Crippen LogP contribution in [0.5, 0.6) is 0 Å². The zero-order chi connectivity index (χ0) is 17.3. The van der Waals surface area contributed by atoms with Crippen molar-refractivity contribution in [1.29, 1.82) is 0 Å². The molecule has 0 bridgehead atoms. The summed E-state index contributed by atoms with van der Waals surface area (Å²) in [5.41, 5.74) is 0.342. The van der Waals surface area contributed by atoms with Gasteiger partial charge in [0.25, 0.3) is 0 Å². The van der Waals surface area contributed by atoms with Crippen LogP contribution in [-0.2, 0) is 0 Å². The molecule has 1 N–H and O–H groups in total. The van der Waals surface area contributed by atoms with Crippen molar-refractivity contribution < 1.29 is 8.91 Å². The number of piperazine rings is 1. The molecule has 2 aromatic rings. The van der Waals surface area contributed by atoms with Crippen LogP contribution in [-0.4, -0.2) is 60.7 Å². The lowest BCUT2D eigenvalue weighted by atomic mass is 10.0. The summed E-state index contributed by atoms with van der Waals surface area (Å²) in [5.74, 6) is 0.539. The first kappa shape index (κ1) is 20.1. The summed E-state index contributed by atoms with van der Waals surface area (Å²) < 4.78 is 19.8. The van der Waals surface area contributed by atoms with E-state index in [1.165, 1.54) is 6.07 Å². The molecule has 1 aliphatic rings. The minimum atomic E-state index is -0.540. The standard InChI is InChI=1S/C16H21ClFN5O.ClH/c1-22(2)14(13-10(17)5-4-6-11(13)18)16-20-15(21-24-16)12-9-19-7-8-23(12)3;/h4-6,12,14,19H,7-9H2,1-3H3;1H. The molecule has 1 saturated heterocycles. The predicted molar refractivity (Wildman–Crippen MR) is 96.7 cm³/mol. The average Bonchev–Trinajstić information content (AvgIpc) is 3.00. The van der Waals surface area contributed by atoms with Crippen molar-refractivity contribution in [2.45, 2.75) is 12.1 Å². The highest BCUT2D eigenvalue weighted by atomic mass is 35.5. The Hall–Kier alpha value is -1.25. The van der Waals surface area contributed by atoms with Crippen LogP contribution >= 0.6 is 24.0 Å². The Bertz CT molecular complexity index is 691. The van der Waals surface area contributed by atoms with Crippen LogP contribution in [0.4, 0.5) is 4.39 Å². The second-order valence-corrected chi connectivity index (χ2v) is 6.60. The molecule has 9 heteroatoms. The van der Waals surface area contributed by atoms with E-state index in [9.17, 15) is 4.39 Å². The second-order valence-electron chi connectivity index (χ2n) is 6.19. The summed E-state index contributed by atoms with van der Waals surface area (Å²) in [4.78, 5) is 8.52. The Labute approximate surface area is 157 Å². The molecule has 2 atom stereocenters. The number of likely N-dealkylation sites (N-methyl/N-ethyl adjacent to an activating group) is 1. The van der Waals surface area contributed by atoms with Gasteiger partial charge in [0.05, 0.1) is 6.04 Å². The maximum absolute atomic E-state index is 14.4. The lowest BCUT2D eigenvalue weighted by molar-refractivity contribution is 0.189. The number of hydrogen-bond acceptors (Lipinski definition) is 6. The van der Waals surface area contributed by atoms with Gasteiger partial charge < -0.3 is 9.84 Å². The van der Waals surface area contributed by atoms with E-state index in [0.29, 0.717) is 22.3 Å². The first-order valence-electron chi connectivity index (χ1n) is 7.84. The lowest BCUT2D eigenvalue weighted by Gasteiger charge is -2.30. The maximum Gasteiger partial charge on any atom is 0.248 e. The molecule has 138 valence electrons. The largest absolute Gasteiger partial charge is 0.337 e. The first-order valence-corrected chi connectivity index (χ1v) is 8.21. The second kappa shape index (κ2) is 8.42. The van der Waals surface area contributed by atoms with E-state index in [0.717, 1.165) is 19.6 Å². The van der Waals surface area contributed by atoms with Crippen molar-refractivity contribution in [3.8, 4) is 0 Å². The highest BCUT2D eigenvalue weighted by Crippen LogP contribution is 2.33. The molecule has 1 fully saturated rings. The number of benzene rings is 1. The third-order valence-corrected chi connectivity index (χ3v) is 4.62. The number of rotatable bonds is 4. The van der Waals surface area contributed by atoms with Gasteiger partial charge in [-0.15, -0.1) is 12.4 Å². The van der Waals surface area contributed by atoms with Gasteiger partial charge in [0.15, 0.2) is 5.82 Å². The van der Waals surface area contributed by atoms with Gasteiger partial charge in [0, 0.05) is 30.2 Å². The molecule has 2 unspecified atom stereocenters. The highest BCUT2D eigenvalue weighted by molar-refractivity contribution is 6.31. The zero-order valence-electron chi connectivity index (χ0n) is 14.4. The van der Waals surface area contributed by atoms with E-state index in [4.69, 9.17) is 16.1 Å². The van der Waals surface area contributed by atoms with Crippen LogP contribution in [0, 0.1) is 5.82 Å². The average molecular weight is 390 g/mol.